The van der Waals surface area contributed by atoms with Crippen molar-refractivity contribution in [1.29, 1.82) is 0 Å². The third-order valence-corrected chi connectivity index (χ3v) is 11.8. The van der Waals surface area contributed by atoms with E-state index in [4.69, 9.17) is 4.99 Å². The maximum Gasteiger partial charge on any atom is 0.0793 e. The van der Waals surface area contributed by atoms with E-state index in [9.17, 15) is 0 Å². The van der Waals surface area contributed by atoms with Gasteiger partial charge in [-0.1, -0.05) is 183 Å². The molecule has 0 N–H and O–H groups in total. The van der Waals surface area contributed by atoms with Crippen LogP contribution in [-0.2, 0) is 5.41 Å². The first-order valence-corrected chi connectivity index (χ1v) is 19.0. The quantitative estimate of drug-likeness (QED) is 0.154. The van der Waals surface area contributed by atoms with E-state index in [1.165, 1.54) is 77.6 Å². The molecule has 0 aliphatic heterocycles. The van der Waals surface area contributed by atoms with Crippen molar-refractivity contribution in [3.63, 3.8) is 0 Å². The predicted octanol–water partition coefficient (Wildman–Crippen LogP) is 13.6. The fourth-order valence-corrected chi connectivity index (χ4v) is 9.27. The summed E-state index contributed by atoms with van der Waals surface area (Å²) < 4.78 is 0. The van der Waals surface area contributed by atoms with Crippen LogP contribution in [-0.4, -0.2) is 5.71 Å². The normalized spacial score (nSPS) is 17.1. The Kier molecular flexibility index (Phi) is 7.63. The van der Waals surface area contributed by atoms with Gasteiger partial charge >= 0.3 is 0 Å². The number of hydrogen-bond acceptors (Lipinski definition) is 1. The van der Waals surface area contributed by atoms with E-state index in [0.29, 0.717) is 0 Å². The molecule has 0 bridgehead atoms. The van der Waals surface area contributed by atoms with Crippen molar-refractivity contribution >= 4 is 22.1 Å². The fourth-order valence-electron chi connectivity index (χ4n) is 9.27. The molecule has 1 spiro atoms. The summed E-state index contributed by atoms with van der Waals surface area (Å²) in [6.07, 6.45) is 8.74. The minimum absolute atomic E-state index is 0.492. The molecule has 10 rings (SSSR count). The Hall–Kier alpha value is -6.57. The Morgan fingerprint density at radius 1 is 0.556 bits per heavy atom. The molecular formula is C53H39N. The molecule has 0 amide bonds. The average Bonchev–Trinajstić information content (AvgIpc) is 3.68. The second-order valence-corrected chi connectivity index (χ2v) is 14.6. The van der Waals surface area contributed by atoms with Crippen LogP contribution in [0.25, 0.3) is 49.7 Å². The van der Waals surface area contributed by atoms with E-state index in [1.807, 2.05) is 0 Å². The van der Waals surface area contributed by atoms with E-state index in [2.05, 4.69) is 196 Å². The Bertz CT molecular complexity index is 2770. The molecule has 0 saturated carbocycles. The number of rotatable bonds is 6. The number of nitrogens with zero attached hydrogens (tertiary/aromatic N) is 1. The molecule has 1 heteroatoms. The number of aliphatic imine (C=N–C) groups is 1. The van der Waals surface area contributed by atoms with Gasteiger partial charge in [-0.3, -0.25) is 0 Å². The lowest BCUT2D eigenvalue weighted by Gasteiger charge is -2.31. The Morgan fingerprint density at radius 2 is 1.17 bits per heavy atom. The minimum atomic E-state index is -0.492. The molecule has 1 nitrogen and oxygen atoms in total. The molecule has 0 saturated heterocycles. The summed E-state index contributed by atoms with van der Waals surface area (Å²) in [5, 5.41) is 2.38. The fraction of sp³-hybridized carbons (Fsp3) is 0.0755. The van der Waals surface area contributed by atoms with Gasteiger partial charge in [-0.25, -0.2) is 4.99 Å². The monoisotopic (exact) mass is 689 g/mol. The molecule has 0 radical (unpaired) electrons. The zero-order chi connectivity index (χ0) is 36.2. The highest BCUT2D eigenvalue weighted by Gasteiger charge is 2.52. The molecule has 7 aromatic rings. The second-order valence-electron chi connectivity index (χ2n) is 14.6. The molecule has 54 heavy (non-hydrogen) atoms. The first-order valence-electron chi connectivity index (χ1n) is 19.0. The van der Waals surface area contributed by atoms with Crippen LogP contribution in [0.1, 0.15) is 47.6 Å². The maximum atomic E-state index is 5.56. The maximum absolute atomic E-state index is 5.56. The molecule has 1 unspecified atom stereocenters. The number of allylic oxidation sites excluding steroid dienone is 5. The van der Waals surface area contributed by atoms with E-state index in [0.717, 1.165) is 35.4 Å². The minimum Gasteiger partial charge on any atom is -0.248 e. The van der Waals surface area contributed by atoms with E-state index in [1.54, 1.807) is 0 Å². The summed E-state index contributed by atoms with van der Waals surface area (Å²) in [6.45, 7) is 6.93. The van der Waals surface area contributed by atoms with Gasteiger partial charge in [0, 0.05) is 11.1 Å². The summed E-state index contributed by atoms with van der Waals surface area (Å²) in [6, 6.07) is 60.1. The molecule has 0 fully saturated rings. The Morgan fingerprint density at radius 3 is 1.94 bits per heavy atom. The summed E-state index contributed by atoms with van der Waals surface area (Å²) in [7, 11) is 0. The third-order valence-electron chi connectivity index (χ3n) is 11.8. The molecule has 256 valence electrons. The molecule has 0 heterocycles. The van der Waals surface area contributed by atoms with Crippen LogP contribution in [0.2, 0.25) is 0 Å². The van der Waals surface area contributed by atoms with Crippen molar-refractivity contribution in [3.8, 4) is 33.4 Å². The third kappa shape index (κ3) is 4.89. The highest BCUT2D eigenvalue weighted by atomic mass is 14.8. The van der Waals surface area contributed by atoms with Crippen LogP contribution in [0.15, 0.2) is 210 Å². The van der Waals surface area contributed by atoms with Gasteiger partial charge < -0.3 is 0 Å². The standard InChI is InChI=1S/C53H39N/c1-35-51(52(54-36(2)37-16-5-3-6-17-37)46-25-15-21-41-20-9-10-22-43(41)46)47-24-12-14-27-49(47)53(35)48-26-13-11-23-44(48)45-33-32-42(34-50(45)53)40-30-28-39(29-31-40)38-18-7-4-8-19-38/h4-5,7-34H,2-3,6H2,1H3. The predicted molar refractivity (Wildman–Crippen MR) is 228 cm³/mol. The van der Waals surface area contributed by atoms with Crippen molar-refractivity contribution in [2.24, 2.45) is 4.99 Å². The summed E-state index contributed by atoms with van der Waals surface area (Å²) >= 11 is 0. The first-order chi connectivity index (χ1) is 26.6. The Labute approximate surface area is 317 Å². The van der Waals surface area contributed by atoms with E-state index >= 15 is 0 Å². The van der Waals surface area contributed by atoms with Crippen molar-refractivity contribution < 1.29 is 0 Å². The molecule has 0 aromatic heterocycles. The van der Waals surface area contributed by atoms with Crippen molar-refractivity contribution in [3.05, 3.63) is 233 Å². The SMILES string of the molecule is C=C(N=C(C1=C(C)C2(c3ccccc31)c1ccccc1-c1ccc(-c3ccc(-c4ccccc4)cc3)cc12)c1cccc2ccccc12)C1=CCCC=C1. The van der Waals surface area contributed by atoms with Gasteiger partial charge in [-0.05, 0) is 103 Å². The number of fused-ring (bicyclic) bond motifs is 8. The molecule has 1 atom stereocenters. The van der Waals surface area contributed by atoms with Crippen LogP contribution in [0.4, 0.5) is 0 Å². The highest BCUT2D eigenvalue weighted by molar-refractivity contribution is 6.37. The largest absolute Gasteiger partial charge is 0.248 e. The molecule has 7 aromatic carbocycles. The van der Waals surface area contributed by atoms with Gasteiger partial charge in [0.15, 0.2) is 0 Å². The zero-order valence-electron chi connectivity index (χ0n) is 30.4. The van der Waals surface area contributed by atoms with Crippen molar-refractivity contribution in [1.82, 2.24) is 0 Å². The first kappa shape index (κ1) is 32.1. The lowest BCUT2D eigenvalue weighted by Crippen LogP contribution is -2.26. The van der Waals surface area contributed by atoms with Crippen molar-refractivity contribution in [2.75, 3.05) is 0 Å². The smallest absolute Gasteiger partial charge is 0.0793 e. The average molecular weight is 690 g/mol. The van der Waals surface area contributed by atoms with Crippen LogP contribution in [0, 0.1) is 0 Å². The summed E-state index contributed by atoms with van der Waals surface area (Å²) in [4.78, 5) is 5.56. The topological polar surface area (TPSA) is 12.4 Å². The Balaban J connectivity index is 1.23. The zero-order valence-corrected chi connectivity index (χ0v) is 30.4. The van der Waals surface area contributed by atoms with Gasteiger partial charge in [-0.2, -0.15) is 0 Å². The van der Waals surface area contributed by atoms with Gasteiger partial charge in [0.2, 0.25) is 0 Å². The van der Waals surface area contributed by atoms with Gasteiger partial charge in [-0.15, -0.1) is 0 Å². The van der Waals surface area contributed by atoms with Gasteiger partial charge in [0.1, 0.15) is 0 Å². The van der Waals surface area contributed by atoms with E-state index in [-0.39, 0.29) is 0 Å². The lowest BCUT2D eigenvalue weighted by atomic mass is 9.69. The van der Waals surface area contributed by atoms with Gasteiger partial charge in [0.25, 0.3) is 0 Å². The molecule has 3 aliphatic rings. The summed E-state index contributed by atoms with van der Waals surface area (Å²) in [5.41, 5.74) is 18.6. The van der Waals surface area contributed by atoms with Crippen LogP contribution in [0.5, 0.6) is 0 Å². The van der Waals surface area contributed by atoms with Crippen molar-refractivity contribution in [2.45, 2.75) is 25.2 Å². The molecular weight excluding hydrogens is 651 g/mol. The molecule has 3 aliphatic carbocycles. The number of hydrogen-bond donors (Lipinski definition) is 0. The van der Waals surface area contributed by atoms with Crippen LogP contribution < -0.4 is 0 Å². The number of benzene rings is 7. The van der Waals surface area contributed by atoms with Gasteiger partial charge in [0.05, 0.1) is 16.8 Å². The highest BCUT2D eigenvalue weighted by Crippen LogP contribution is 2.62. The van der Waals surface area contributed by atoms with Crippen LogP contribution >= 0.6 is 0 Å². The van der Waals surface area contributed by atoms with E-state index < -0.39 is 5.41 Å². The lowest BCUT2D eigenvalue weighted by molar-refractivity contribution is 0.767. The second kappa shape index (κ2) is 12.8. The van der Waals surface area contributed by atoms with Crippen LogP contribution in [0.3, 0.4) is 0 Å². The summed E-state index contributed by atoms with van der Waals surface area (Å²) in [5.74, 6) is 0.